The molecule has 2 rings (SSSR count). The third-order valence-electron chi connectivity index (χ3n) is 3.13. The highest BCUT2D eigenvalue weighted by molar-refractivity contribution is 5.76. The van der Waals surface area contributed by atoms with E-state index < -0.39 is 0 Å². The van der Waals surface area contributed by atoms with E-state index in [1.807, 2.05) is 0 Å². The molecule has 2 heterocycles. The predicted octanol–water partition coefficient (Wildman–Crippen LogP) is 0.703. The zero-order valence-corrected chi connectivity index (χ0v) is 8.33. The van der Waals surface area contributed by atoms with E-state index in [2.05, 4.69) is 16.7 Å². The topological polar surface area (TPSA) is 23.6 Å². The summed E-state index contributed by atoms with van der Waals surface area (Å²) < 4.78 is 0. The molecule has 2 fully saturated rings. The monoisotopic (exact) mass is 182 g/mol. The zero-order valence-electron chi connectivity index (χ0n) is 8.33. The molecule has 0 aliphatic carbocycles. The molecule has 2 saturated heterocycles. The summed E-state index contributed by atoms with van der Waals surface area (Å²) in [4.78, 5) is 16.3. The molecule has 2 bridgehead atoms. The lowest BCUT2D eigenvalue weighted by molar-refractivity contribution is -0.134. The van der Waals surface area contributed by atoms with E-state index in [4.69, 9.17) is 0 Å². The zero-order chi connectivity index (χ0) is 9.26. The Hall–Kier alpha value is -0.570. The van der Waals surface area contributed by atoms with Gasteiger partial charge in [0.15, 0.2) is 0 Å². The Labute approximate surface area is 79.7 Å². The number of fused-ring (bicyclic) bond motifs is 2. The molecule has 0 aromatic heterocycles. The van der Waals surface area contributed by atoms with E-state index in [0.29, 0.717) is 11.9 Å². The fraction of sp³-hybridized carbons (Fsp3) is 0.900. The summed E-state index contributed by atoms with van der Waals surface area (Å²) >= 11 is 0. The lowest BCUT2D eigenvalue weighted by atomic mass is 10.1. The lowest BCUT2D eigenvalue weighted by Crippen LogP contribution is -2.49. The van der Waals surface area contributed by atoms with E-state index in [0.717, 1.165) is 32.5 Å². The molecule has 2 atom stereocenters. The Bertz CT molecular complexity index is 205. The highest BCUT2D eigenvalue weighted by Gasteiger charge is 2.34. The van der Waals surface area contributed by atoms with Gasteiger partial charge in [0.1, 0.15) is 0 Å². The van der Waals surface area contributed by atoms with E-state index in [1.165, 1.54) is 13.0 Å². The maximum absolute atomic E-state index is 11.7. The van der Waals surface area contributed by atoms with Gasteiger partial charge in [-0.15, -0.1) is 0 Å². The molecular weight excluding hydrogens is 164 g/mol. The average Bonchev–Trinajstić information content (AvgIpc) is 2.48. The van der Waals surface area contributed by atoms with Crippen LogP contribution >= 0.6 is 0 Å². The Balaban J connectivity index is 1.95. The van der Waals surface area contributed by atoms with Crippen molar-refractivity contribution in [3.05, 3.63) is 0 Å². The molecule has 0 aromatic carbocycles. The van der Waals surface area contributed by atoms with Crippen molar-refractivity contribution in [1.82, 2.24) is 9.80 Å². The van der Waals surface area contributed by atoms with Gasteiger partial charge in [0.05, 0.1) is 0 Å². The Kier molecular flexibility index (Phi) is 2.54. The molecule has 0 radical (unpaired) electrons. The van der Waals surface area contributed by atoms with Gasteiger partial charge >= 0.3 is 0 Å². The van der Waals surface area contributed by atoms with Crippen molar-refractivity contribution >= 4 is 5.91 Å². The van der Waals surface area contributed by atoms with Crippen LogP contribution in [0.25, 0.3) is 0 Å². The lowest BCUT2D eigenvalue weighted by Gasteiger charge is -2.34. The van der Waals surface area contributed by atoms with Gasteiger partial charge < -0.3 is 4.90 Å². The van der Waals surface area contributed by atoms with Crippen LogP contribution in [0.15, 0.2) is 0 Å². The minimum absolute atomic E-state index is 0.369. The van der Waals surface area contributed by atoms with Crippen molar-refractivity contribution in [2.24, 2.45) is 0 Å². The maximum Gasteiger partial charge on any atom is 0.222 e. The fourth-order valence-electron chi connectivity index (χ4n) is 2.39. The largest absolute Gasteiger partial charge is 0.337 e. The number of carbonyl (C=O) groups excluding carboxylic acids is 1. The standard InChI is InChI=1S/C10H18N2O/c1-2-3-10(13)12-7-6-11-5-4-9(12)8-11/h9H,2-8H2,1H3. The first-order chi connectivity index (χ1) is 6.31. The molecule has 0 saturated carbocycles. The number of piperazine rings is 1. The van der Waals surface area contributed by atoms with E-state index in [9.17, 15) is 4.79 Å². The van der Waals surface area contributed by atoms with Gasteiger partial charge in [-0.3, -0.25) is 9.69 Å². The van der Waals surface area contributed by atoms with Gasteiger partial charge in [-0.2, -0.15) is 0 Å². The van der Waals surface area contributed by atoms with Crippen LogP contribution in [0.3, 0.4) is 0 Å². The van der Waals surface area contributed by atoms with Crippen LogP contribution in [0, 0.1) is 0 Å². The molecule has 3 heteroatoms. The van der Waals surface area contributed by atoms with Gasteiger partial charge in [-0.1, -0.05) is 6.92 Å². The Morgan fingerprint density at radius 3 is 3.00 bits per heavy atom. The normalized spacial score (nSPS) is 32.2. The smallest absolute Gasteiger partial charge is 0.222 e. The second-order valence-corrected chi connectivity index (χ2v) is 4.08. The maximum atomic E-state index is 11.7. The van der Waals surface area contributed by atoms with Gasteiger partial charge in [0, 0.05) is 38.6 Å². The number of nitrogens with zero attached hydrogens (tertiary/aromatic N) is 2. The van der Waals surface area contributed by atoms with Crippen molar-refractivity contribution < 1.29 is 4.79 Å². The van der Waals surface area contributed by atoms with Gasteiger partial charge in [0.25, 0.3) is 0 Å². The highest BCUT2D eigenvalue weighted by Crippen LogP contribution is 2.21. The second-order valence-electron chi connectivity index (χ2n) is 4.08. The predicted molar refractivity (Wildman–Crippen MR) is 51.5 cm³/mol. The molecule has 2 unspecified atom stereocenters. The first-order valence-electron chi connectivity index (χ1n) is 5.33. The Morgan fingerprint density at radius 2 is 2.23 bits per heavy atom. The van der Waals surface area contributed by atoms with Crippen molar-refractivity contribution in [2.45, 2.75) is 32.2 Å². The summed E-state index contributed by atoms with van der Waals surface area (Å²) in [5.41, 5.74) is 0. The Morgan fingerprint density at radius 1 is 1.38 bits per heavy atom. The SMILES string of the molecule is CCCC(=O)N1CCN2CCC1C2. The third-order valence-corrected chi connectivity index (χ3v) is 3.13. The minimum Gasteiger partial charge on any atom is -0.337 e. The molecule has 3 nitrogen and oxygen atoms in total. The van der Waals surface area contributed by atoms with Crippen LogP contribution in [0.2, 0.25) is 0 Å². The molecule has 2 aliphatic rings. The number of hydrogen-bond acceptors (Lipinski definition) is 2. The summed E-state index contributed by atoms with van der Waals surface area (Å²) in [6.45, 7) is 6.44. The molecule has 74 valence electrons. The highest BCUT2D eigenvalue weighted by atomic mass is 16.2. The number of hydrogen-bond donors (Lipinski definition) is 0. The molecule has 0 spiro atoms. The molecule has 0 aromatic rings. The third kappa shape index (κ3) is 1.70. The summed E-state index contributed by atoms with van der Waals surface area (Å²) in [5.74, 6) is 0.369. The van der Waals surface area contributed by atoms with E-state index >= 15 is 0 Å². The number of rotatable bonds is 2. The second kappa shape index (κ2) is 3.66. The van der Waals surface area contributed by atoms with Crippen LogP contribution in [-0.2, 0) is 4.79 Å². The van der Waals surface area contributed by atoms with Gasteiger partial charge in [-0.05, 0) is 12.8 Å². The van der Waals surface area contributed by atoms with Crippen LogP contribution < -0.4 is 0 Å². The first kappa shape index (κ1) is 9.00. The molecule has 1 amide bonds. The number of amides is 1. The molecule has 2 aliphatic heterocycles. The quantitative estimate of drug-likeness (QED) is 0.627. The van der Waals surface area contributed by atoms with Crippen molar-refractivity contribution in [1.29, 1.82) is 0 Å². The van der Waals surface area contributed by atoms with Crippen LogP contribution in [0.4, 0.5) is 0 Å². The number of carbonyl (C=O) groups is 1. The summed E-state index contributed by atoms with van der Waals surface area (Å²) in [6, 6.07) is 0.535. The van der Waals surface area contributed by atoms with Crippen LogP contribution in [0.1, 0.15) is 26.2 Å². The van der Waals surface area contributed by atoms with E-state index in [-0.39, 0.29) is 0 Å². The minimum atomic E-state index is 0.369. The van der Waals surface area contributed by atoms with Gasteiger partial charge in [-0.25, -0.2) is 0 Å². The van der Waals surface area contributed by atoms with Crippen molar-refractivity contribution in [3.63, 3.8) is 0 Å². The van der Waals surface area contributed by atoms with E-state index in [1.54, 1.807) is 0 Å². The van der Waals surface area contributed by atoms with Gasteiger partial charge in [0.2, 0.25) is 5.91 Å². The van der Waals surface area contributed by atoms with Crippen molar-refractivity contribution in [3.8, 4) is 0 Å². The summed E-state index contributed by atoms with van der Waals surface area (Å²) in [6.07, 6.45) is 2.90. The van der Waals surface area contributed by atoms with Crippen LogP contribution in [0.5, 0.6) is 0 Å². The fourth-order valence-corrected chi connectivity index (χ4v) is 2.39. The molecule has 13 heavy (non-hydrogen) atoms. The van der Waals surface area contributed by atoms with Crippen molar-refractivity contribution in [2.75, 3.05) is 26.2 Å². The summed E-state index contributed by atoms with van der Waals surface area (Å²) in [7, 11) is 0. The summed E-state index contributed by atoms with van der Waals surface area (Å²) in [5, 5.41) is 0. The molecular formula is C10H18N2O. The molecule has 0 N–H and O–H groups in total. The average molecular weight is 182 g/mol. The first-order valence-corrected chi connectivity index (χ1v) is 5.33. The van der Waals surface area contributed by atoms with Crippen LogP contribution in [-0.4, -0.2) is 47.9 Å².